The van der Waals surface area contributed by atoms with E-state index in [1.54, 1.807) is 13.8 Å². The third kappa shape index (κ3) is 3.64. The predicted octanol–water partition coefficient (Wildman–Crippen LogP) is 5.33. The van der Waals surface area contributed by atoms with Crippen LogP contribution in [0.3, 0.4) is 0 Å². The molecule has 3 nitrogen and oxygen atoms in total. The summed E-state index contributed by atoms with van der Waals surface area (Å²) in [5, 5.41) is 1.43. The lowest BCUT2D eigenvalue weighted by Crippen LogP contribution is -2.36. The Morgan fingerprint density at radius 2 is 1.63 bits per heavy atom. The maximum atomic E-state index is 12.2. The van der Waals surface area contributed by atoms with Gasteiger partial charge < -0.3 is 14.4 Å². The van der Waals surface area contributed by atoms with Crippen LogP contribution in [0.5, 0.6) is 0 Å². The lowest BCUT2D eigenvalue weighted by molar-refractivity contribution is -0.322. The minimum absolute atomic E-state index is 0.258. The molecule has 0 aromatic heterocycles. The smallest absolute Gasteiger partial charge is 0.0283 e. The average molecular weight is 445 g/mol. The van der Waals surface area contributed by atoms with Gasteiger partial charge in [-0.15, -0.1) is 0 Å². The van der Waals surface area contributed by atoms with Gasteiger partial charge in [0.2, 0.25) is 0 Å². The van der Waals surface area contributed by atoms with Crippen LogP contribution in [0.15, 0.2) is 60.7 Å². The van der Waals surface area contributed by atoms with Crippen molar-refractivity contribution in [3.05, 3.63) is 71.8 Å². The fourth-order valence-corrected chi connectivity index (χ4v) is 5.42. The van der Waals surface area contributed by atoms with Gasteiger partial charge >= 0.3 is 0 Å². The van der Waals surface area contributed by atoms with Crippen LogP contribution in [0.1, 0.15) is 37.8 Å². The van der Waals surface area contributed by atoms with E-state index in [0.717, 1.165) is 27.5 Å². The highest BCUT2D eigenvalue weighted by Gasteiger charge is 2.33. The summed E-state index contributed by atoms with van der Waals surface area (Å²) in [6.07, 6.45) is 0.517. The predicted molar refractivity (Wildman–Crippen MR) is 112 cm³/mol. The van der Waals surface area contributed by atoms with E-state index in [9.17, 15) is 14.4 Å². The van der Waals surface area contributed by atoms with Crippen molar-refractivity contribution >= 4 is 34.3 Å². The molecule has 0 aliphatic carbocycles. The van der Waals surface area contributed by atoms with Crippen LogP contribution in [-0.2, 0) is 15.1 Å². The Balaban J connectivity index is 2.30. The molecule has 0 N–H and O–H groups in total. The molecule has 0 atom stereocenters. The molecule has 3 rings (SSSR count). The summed E-state index contributed by atoms with van der Waals surface area (Å²) in [6.45, 7) is 3.54. The van der Waals surface area contributed by atoms with Crippen molar-refractivity contribution < 1.29 is 14.4 Å². The van der Waals surface area contributed by atoms with Crippen molar-refractivity contribution in [3.63, 3.8) is 0 Å². The Hall–Kier alpha value is -1.45. The molecule has 0 saturated carbocycles. The molecular weight excluding hydrogens is 423 g/mol. The zero-order valence-electron chi connectivity index (χ0n) is 15.4. The normalized spacial score (nSPS) is 12.5. The minimum atomic E-state index is -4.83. The zero-order chi connectivity index (χ0) is 19.7. The van der Waals surface area contributed by atoms with Crippen molar-refractivity contribution in [2.24, 2.45) is 0 Å². The zero-order valence-corrected chi connectivity index (χ0v) is 17.9. The van der Waals surface area contributed by atoms with Crippen molar-refractivity contribution in [2.75, 3.05) is 0 Å². The fourth-order valence-electron chi connectivity index (χ4n) is 3.87. The molecule has 0 saturated heterocycles. The summed E-state index contributed by atoms with van der Waals surface area (Å²) < 4.78 is 12.2. The van der Waals surface area contributed by atoms with Gasteiger partial charge in [-0.1, -0.05) is 98.0 Å². The molecule has 5 heteroatoms. The highest BCUT2D eigenvalue weighted by molar-refractivity contribution is 9.08. The van der Waals surface area contributed by atoms with Crippen LogP contribution in [0.2, 0.25) is 0 Å². The molecular formula is C22H22BrO3P-2. The number of fused-ring (bicyclic) bond motifs is 1. The molecule has 0 amide bonds. The highest BCUT2D eigenvalue weighted by atomic mass is 79.9. The second kappa shape index (κ2) is 7.89. The van der Waals surface area contributed by atoms with Gasteiger partial charge in [0, 0.05) is 10.5 Å². The van der Waals surface area contributed by atoms with Gasteiger partial charge in [-0.2, -0.15) is 0 Å². The summed E-state index contributed by atoms with van der Waals surface area (Å²) in [5.41, 5.74) is 3.50. The minimum Gasteiger partial charge on any atom is -0.810 e. The first-order valence-corrected chi connectivity index (χ1v) is 11.7. The van der Waals surface area contributed by atoms with E-state index >= 15 is 0 Å². The van der Waals surface area contributed by atoms with E-state index in [1.165, 1.54) is 0 Å². The van der Waals surface area contributed by atoms with Gasteiger partial charge in [-0.05, 0) is 45.9 Å². The SMILES string of the molecule is CCC(CC)(c1cc(CBr)cc(-c2cccc3ccccc23)c1)P(=O)([O-])[O-]. The summed E-state index contributed by atoms with van der Waals surface area (Å²) in [5.74, 6) is 0. The van der Waals surface area contributed by atoms with Gasteiger partial charge in [-0.3, -0.25) is 0 Å². The van der Waals surface area contributed by atoms with Gasteiger partial charge in [0.25, 0.3) is 0 Å². The Bertz CT molecular complexity index is 1000. The van der Waals surface area contributed by atoms with Crippen molar-refractivity contribution in [3.8, 4) is 11.1 Å². The maximum absolute atomic E-state index is 12.2. The summed E-state index contributed by atoms with van der Waals surface area (Å²) >= 11 is 3.48. The van der Waals surface area contributed by atoms with E-state index in [4.69, 9.17) is 0 Å². The quantitative estimate of drug-likeness (QED) is 0.381. The molecule has 3 aromatic rings. The van der Waals surface area contributed by atoms with E-state index in [1.807, 2.05) is 36.4 Å². The molecule has 27 heavy (non-hydrogen) atoms. The first-order chi connectivity index (χ1) is 12.9. The molecule has 3 aromatic carbocycles. The van der Waals surface area contributed by atoms with Crippen LogP contribution >= 0.6 is 23.5 Å². The van der Waals surface area contributed by atoms with E-state index in [2.05, 4.69) is 40.2 Å². The third-order valence-electron chi connectivity index (χ3n) is 5.48. The molecule has 0 unspecified atom stereocenters. The fraction of sp³-hybridized carbons (Fsp3) is 0.273. The summed E-state index contributed by atoms with van der Waals surface area (Å²) in [6, 6.07) is 20.0. The summed E-state index contributed by atoms with van der Waals surface area (Å²) in [7, 11) is -4.83. The van der Waals surface area contributed by atoms with Gasteiger partial charge in [0.1, 0.15) is 0 Å². The number of benzene rings is 3. The highest BCUT2D eigenvalue weighted by Crippen LogP contribution is 2.55. The van der Waals surface area contributed by atoms with Gasteiger partial charge in [0.05, 0.1) is 0 Å². The Morgan fingerprint density at radius 1 is 0.963 bits per heavy atom. The molecule has 0 aliphatic rings. The lowest BCUT2D eigenvalue weighted by atomic mass is 9.88. The van der Waals surface area contributed by atoms with Gasteiger partial charge in [0.15, 0.2) is 0 Å². The molecule has 0 heterocycles. The van der Waals surface area contributed by atoms with E-state index in [-0.39, 0.29) is 12.8 Å². The van der Waals surface area contributed by atoms with Crippen LogP contribution in [0.25, 0.3) is 21.9 Å². The standard InChI is InChI=1S/C22H24BrO3P/c1-3-22(4-2,27(24,25)26)19-13-16(15-23)12-18(14-19)21-11-7-9-17-8-5-6-10-20(17)21/h5-14H,3-4,15H2,1-2H3,(H2,24,25,26)/p-2. The molecule has 0 spiro atoms. The van der Waals surface area contributed by atoms with Gasteiger partial charge in [-0.25, -0.2) is 0 Å². The number of hydrogen-bond acceptors (Lipinski definition) is 3. The van der Waals surface area contributed by atoms with Crippen molar-refractivity contribution in [1.29, 1.82) is 0 Å². The molecule has 0 aliphatic heterocycles. The summed E-state index contributed by atoms with van der Waals surface area (Å²) in [4.78, 5) is 24.5. The third-order valence-corrected chi connectivity index (χ3v) is 8.07. The average Bonchev–Trinajstić information content (AvgIpc) is 2.67. The van der Waals surface area contributed by atoms with Crippen LogP contribution < -0.4 is 9.79 Å². The second-order valence-electron chi connectivity index (χ2n) is 6.82. The monoisotopic (exact) mass is 444 g/mol. The van der Waals surface area contributed by atoms with E-state index in [0.29, 0.717) is 10.9 Å². The molecule has 142 valence electrons. The van der Waals surface area contributed by atoms with Crippen molar-refractivity contribution in [2.45, 2.75) is 37.2 Å². The number of alkyl halides is 1. The molecule has 0 bridgehead atoms. The van der Waals surface area contributed by atoms with E-state index < -0.39 is 12.8 Å². The largest absolute Gasteiger partial charge is 0.810 e. The number of hydrogen-bond donors (Lipinski definition) is 0. The maximum Gasteiger partial charge on any atom is 0.0283 e. The Morgan fingerprint density at radius 3 is 2.26 bits per heavy atom. The lowest BCUT2D eigenvalue weighted by Gasteiger charge is -2.50. The van der Waals surface area contributed by atoms with Crippen LogP contribution in [0.4, 0.5) is 0 Å². The van der Waals surface area contributed by atoms with Crippen LogP contribution in [-0.4, -0.2) is 0 Å². The Kier molecular flexibility index (Phi) is 5.93. The van der Waals surface area contributed by atoms with Crippen molar-refractivity contribution in [1.82, 2.24) is 0 Å². The topological polar surface area (TPSA) is 63.2 Å². The first kappa shape index (κ1) is 20.3. The second-order valence-corrected chi connectivity index (χ2v) is 9.23. The van der Waals surface area contributed by atoms with Crippen LogP contribution in [0, 0.1) is 0 Å². The first-order valence-electron chi connectivity index (χ1n) is 9.07. The molecule has 0 fully saturated rings. The molecule has 0 radical (unpaired) electrons. The number of halogens is 1. The Labute approximate surface area is 168 Å². The number of rotatable bonds is 6.